The molecule has 0 spiro atoms. The molecular weight excluding hydrogens is 173 g/mol. The molecule has 0 aliphatic heterocycles. The number of aliphatic hydroxyl groups is 2. The van der Waals surface area contributed by atoms with Crippen LogP contribution in [0.15, 0.2) is 18.2 Å². The molecule has 1 atom stereocenters. The van der Waals surface area contributed by atoms with Gasteiger partial charge in [-0.3, -0.25) is 0 Å². The van der Waals surface area contributed by atoms with Gasteiger partial charge in [0.2, 0.25) is 0 Å². The van der Waals surface area contributed by atoms with E-state index in [1.807, 2.05) is 0 Å². The molecule has 0 radical (unpaired) electrons. The molecule has 72 valence electrons. The monoisotopic (exact) mass is 185 g/mol. The molecule has 0 fully saturated rings. The highest BCUT2D eigenvalue weighted by molar-refractivity contribution is 5.26. The smallest absolute Gasteiger partial charge is 0.128 e. The van der Waals surface area contributed by atoms with Crippen molar-refractivity contribution in [3.63, 3.8) is 0 Å². The van der Waals surface area contributed by atoms with Crippen molar-refractivity contribution in [2.75, 3.05) is 6.61 Å². The number of halogens is 1. The molecule has 4 N–H and O–H groups in total. The lowest BCUT2D eigenvalue weighted by Crippen LogP contribution is -2.16. The van der Waals surface area contributed by atoms with E-state index in [0.29, 0.717) is 5.56 Å². The van der Waals surface area contributed by atoms with E-state index in [2.05, 4.69) is 0 Å². The van der Waals surface area contributed by atoms with Gasteiger partial charge in [0.05, 0.1) is 19.3 Å². The van der Waals surface area contributed by atoms with Crippen molar-refractivity contribution in [3.8, 4) is 0 Å². The lowest BCUT2D eigenvalue weighted by Gasteiger charge is -2.10. The van der Waals surface area contributed by atoms with Crippen LogP contribution in [0, 0.1) is 5.82 Å². The fourth-order valence-corrected chi connectivity index (χ4v) is 1.07. The molecule has 0 aliphatic rings. The fraction of sp³-hybridized carbons (Fsp3) is 0.333. The quantitative estimate of drug-likeness (QED) is 0.635. The SMILES string of the molecule is N[C@@H](CO)c1ccc(CO)cc1F. The minimum absolute atomic E-state index is 0.203. The van der Waals surface area contributed by atoms with Crippen LogP contribution < -0.4 is 5.73 Å². The standard InChI is InChI=1S/C9H12FNO2/c10-8-3-6(4-12)1-2-7(8)9(11)5-13/h1-3,9,12-13H,4-5,11H2/t9-/m0/s1. The molecule has 0 aromatic heterocycles. The Morgan fingerprint density at radius 3 is 2.54 bits per heavy atom. The third kappa shape index (κ3) is 2.24. The highest BCUT2D eigenvalue weighted by atomic mass is 19.1. The molecule has 1 rings (SSSR count). The fourth-order valence-electron chi connectivity index (χ4n) is 1.07. The van der Waals surface area contributed by atoms with Gasteiger partial charge in [-0.2, -0.15) is 0 Å². The van der Waals surface area contributed by atoms with Crippen LogP contribution in [0.25, 0.3) is 0 Å². The largest absolute Gasteiger partial charge is 0.394 e. The van der Waals surface area contributed by atoms with Crippen molar-refractivity contribution in [2.45, 2.75) is 12.6 Å². The van der Waals surface area contributed by atoms with Gasteiger partial charge in [0.15, 0.2) is 0 Å². The number of benzene rings is 1. The summed E-state index contributed by atoms with van der Waals surface area (Å²) in [6.07, 6.45) is 0. The molecule has 0 amide bonds. The van der Waals surface area contributed by atoms with E-state index in [1.54, 1.807) is 6.07 Å². The van der Waals surface area contributed by atoms with Gasteiger partial charge in [0, 0.05) is 5.56 Å². The molecule has 0 aliphatic carbocycles. The summed E-state index contributed by atoms with van der Waals surface area (Å²) in [5.74, 6) is -0.492. The van der Waals surface area contributed by atoms with Gasteiger partial charge in [0.25, 0.3) is 0 Å². The Kier molecular flexibility index (Phi) is 3.36. The van der Waals surface area contributed by atoms with Crippen molar-refractivity contribution in [1.82, 2.24) is 0 Å². The highest BCUT2D eigenvalue weighted by Crippen LogP contribution is 2.16. The van der Waals surface area contributed by atoms with E-state index < -0.39 is 11.9 Å². The third-order valence-electron chi connectivity index (χ3n) is 1.84. The first-order valence-corrected chi connectivity index (χ1v) is 3.94. The van der Waals surface area contributed by atoms with Gasteiger partial charge in [0.1, 0.15) is 5.82 Å². The van der Waals surface area contributed by atoms with E-state index in [9.17, 15) is 4.39 Å². The molecule has 0 saturated carbocycles. The molecule has 0 heterocycles. The van der Waals surface area contributed by atoms with E-state index in [-0.39, 0.29) is 18.8 Å². The number of hydrogen-bond donors (Lipinski definition) is 3. The van der Waals surface area contributed by atoms with Crippen molar-refractivity contribution in [2.24, 2.45) is 5.73 Å². The number of nitrogens with two attached hydrogens (primary N) is 1. The maximum atomic E-state index is 13.2. The molecule has 0 unspecified atom stereocenters. The number of rotatable bonds is 3. The van der Waals surface area contributed by atoms with E-state index in [1.165, 1.54) is 12.1 Å². The van der Waals surface area contributed by atoms with Crippen molar-refractivity contribution < 1.29 is 14.6 Å². The minimum atomic E-state index is -0.701. The van der Waals surface area contributed by atoms with E-state index in [0.717, 1.165) is 0 Å². The molecule has 13 heavy (non-hydrogen) atoms. The first kappa shape index (κ1) is 10.1. The summed E-state index contributed by atoms with van der Waals surface area (Å²) in [6, 6.07) is 3.56. The zero-order valence-corrected chi connectivity index (χ0v) is 7.07. The molecular formula is C9H12FNO2. The normalized spacial score (nSPS) is 12.9. The van der Waals surface area contributed by atoms with E-state index >= 15 is 0 Å². The minimum Gasteiger partial charge on any atom is -0.394 e. The van der Waals surface area contributed by atoms with Crippen LogP contribution in [0.4, 0.5) is 4.39 Å². The second-order valence-electron chi connectivity index (χ2n) is 2.80. The van der Waals surface area contributed by atoms with Crippen molar-refractivity contribution in [1.29, 1.82) is 0 Å². The maximum Gasteiger partial charge on any atom is 0.128 e. The summed E-state index contributed by atoms with van der Waals surface area (Å²) in [6.45, 7) is -0.499. The Morgan fingerprint density at radius 2 is 2.08 bits per heavy atom. The van der Waals surface area contributed by atoms with Gasteiger partial charge < -0.3 is 15.9 Å². The average Bonchev–Trinajstić information content (AvgIpc) is 2.16. The molecule has 1 aromatic rings. The Hall–Kier alpha value is -0.970. The Labute approximate surface area is 75.6 Å². The zero-order valence-electron chi connectivity index (χ0n) is 7.07. The summed E-state index contributed by atoms with van der Waals surface area (Å²) in [7, 11) is 0. The Balaban J connectivity index is 2.98. The first-order chi connectivity index (χ1) is 6.19. The van der Waals surface area contributed by atoms with Gasteiger partial charge in [-0.05, 0) is 11.6 Å². The predicted octanol–water partition coefficient (Wildman–Crippen LogP) is 0.310. The zero-order chi connectivity index (χ0) is 9.84. The molecule has 1 aromatic carbocycles. The second-order valence-corrected chi connectivity index (χ2v) is 2.80. The highest BCUT2D eigenvalue weighted by Gasteiger charge is 2.10. The lowest BCUT2D eigenvalue weighted by atomic mass is 10.1. The molecule has 4 heteroatoms. The van der Waals surface area contributed by atoms with Crippen LogP contribution in [0.3, 0.4) is 0 Å². The van der Waals surface area contributed by atoms with E-state index in [4.69, 9.17) is 15.9 Å². The third-order valence-corrected chi connectivity index (χ3v) is 1.84. The topological polar surface area (TPSA) is 66.5 Å². The number of hydrogen-bond acceptors (Lipinski definition) is 3. The van der Waals surface area contributed by atoms with Crippen LogP contribution in [-0.4, -0.2) is 16.8 Å². The first-order valence-electron chi connectivity index (χ1n) is 3.94. The van der Waals surface area contributed by atoms with Gasteiger partial charge in [-0.15, -0.1) is 0 Å². The van der Waals surface area contributed by atoms with Crippen LogP contribution in [0.1, 0.15) is 17.2 Å². The van der Waals surface area contributed by atoms with Crippen molar-refractivity contribution >= 4 is 0 Å². The van der Waals surface area contributed by atoms with Crippen LogP contribution in [-0.2, 0) is 6.61 Å². The van der Waals surface area contributed by atoms with Crippen LogP contribution in [0.5, 0.6) is 0 Å². The van der Waals surface area contributed by atoms with Crippen LogP contribution >= 0.6 is 0 Å². The Bertz CT molecular complexity index is 291. The number of aliphatic hydroxyl groups excluding tert-OH is 2. The molecule has 3 nitrogen and oxygen atoms in total. The summed E-state index contributed by atoms with van der Waals surface area (Å²) in [4.78, 5) is 0. The lowest BCUT2D eigenvalue weighted by molar-refractivity contribution is 0.264. The summed E-state index contributed by atoms with van der Waals surface area (Å²) in [5.41, 5.74) is 6.19. The van der Waals surface area contributed by atoms with Gasteiger partial charge in [-0.25, -0.2) is 4.39 Å². The maximum absolute atomic E-state index is 13.2. The van der Waals surface area contributed by atoms with Gasteiger partial charge in [-0.1, -0.05) is 12.1 Å². The molecule has 0 saturated heterocycles. The van der Waals surface area contributed by atoms with Crippen molar-refractivity contribution in [3.05, 3.63) is 35.1 Å². The summed E-state index contributed by atoms with van der Waals surface area (Å²) in [5, 5.41) is 17.4. The average molecular weight is 185 g/mol. The van der Waals surface area contributed by atoms with Crippen LogP contribution in [0.2, 0.25) is 0 Å². The second kappa shape index (κ2) is 4.32. The molecule has 0 bridgehead atoms. The Morgan fingerprint density at radius 1 is 1.38 bits per heavy atom. The predicted molar refractivity (Wildman–Crippen MR) is 46.3 cm³/mol. The summed E-state index contributed by atoms with van der Waals surface area (Å²) >= 11 is 0. The summed E-state index contributed by atoms with van der Waals surface area (Å²) < 4.78 is 13.2. The van der Waals surface area contributed by atoms with Gasteiger partial charge >= 0.3 is 0 Å².